The van der Waals surface area contributed by atoms with Crippen molar-refractivity contribution in [2.75, 3.05) is 20.8 Å². The number of hydrogen-bond acceptors (Lipinski definition) is 6. The highest BCUT2D eigenvalue weighted by Gasteiger charge is 2.43. The first-order chi connectivity index (χ1) is 19.4. The van der Waals surface area contributed by atoms with E-state index < -0.39 is 24.5 Å². The van der Waals surface area contributed by atoms with Gasteiger partial charge in [0.25, 0.3) is 5.91 Å². The van der Waals surface area contributed by atoms with Gasteiger partial charge in [-0.3, -0.25) is 4.79 Å². The number of allylic oxidation sites excluding steroid dienone is 1. The predicted octanol–water partition coefficient (Wildman–Crippen LogP) is 5.96. The zero-order valence-corrected chi connectivity index (χ0v) is 22.1. The molecule has 1 saturated carbocycles. The monoisotopic (exact) mass is 546 g/mol. The van der Waals surface area contributed by atoms with Gasteiger partial charge in [0.05, 0.1) is 31.5 Å². The van der Waals surface area contributed by atoms with Crippen molar-refractivity contribution in [3.8, 4) is 11.5 Å². The molecule has 2 aliphatic rings. The van der Waals surface area contributed by atoms with Gasteiger partial charge in [-0.25, -0.2) is 18.6 Å². The average molecular weight is 547 g/mol. The number of hydrazone groups is 1. The van der Waals surface area contributed by atoms with Crippen molar-refractivity contribution in [1.29, 1.82) is 0 Å². The Bertz CT molecular complexity index is 1450. The second kappa shape index (κ2) is 11.7. The molecule has 40 heavy (non-hydrogen) atoms. The van der Waals surface area contributed by atoms with Crippen molar-refractivity contribution in [3.05, 3.63) is 101 Å². The Kier molecular flexibility index (Phi) is 7.91. The molecule has 0 aromatic heterocycles. The van der Waals surface area contributed by atoms with E-state index in [1.54, 1.807) is 30.3 Å². The number of ether oxygens (including phenoxy) is 3. The van der Waals surface area contributed by atoms with Crippen LogP contribution in [0.2, 0.25) is 0 Å². The third-order valence-electron chi connectivity index (χ3n) is 7.09. The molecule has 7 nitrogen and oxygen atoms in total. The van der Waals surface area contributed by atoms with Crippen molar-refractivity contribution in [3.63, 3.8) is 0 Å². The van der Waals surface area contributed by atoms with Crippen LogP contribution in [0.1, 0.15) is 46.8 Å². The number of esters is 1. The summed E-state index contributed by atoms with van der Waals surface area (Å²) in [4.78, 5) is 26.3. The lowest BCUT2D eigenvalue weighted by atomic mass is 9.77. The molecule has 9 heteroatoms. The molecule has 1 aliphatic carbocycles. The Hall–Kier alpha value is -4.53. The maximum Gasteiger partial charge on any atom is 0.338 e. The van der Waals surface area contributed by atoms with Gasteiger partial charge in [-0.2, -0.15) is 5.10 Å². The van der Waals surface area contributed by atoms with Crippen LogP contribution in [-0.4, -0.2) is 43.4 Å². The van der Waals surface area contributed by atoms with Gasteiger partial charge in [-0.1, -0.05) is 24.3 Å². The van der Waals surface area contributed by atoms with E-state index in [0.29, 0.717) is 11.5 Å². The molecule has 1 amide bonds. The van der Waals surface area contributed by atoms with E-state index in [2.05, 4.69) is 0 Å². The topological polar surface area (TPSA) is 77.4 Å². The van der Waals surface area contributed by atoms with Crippen molar-refractivity contribution in [2.24, 2.45) is 11.0 Å². The van der Waals surface area contributed by atoms with Gasteiger partial charge in [-0.05, 0) is 78.4 Å². The van der Waals surface area contributed by atoms with Crippen molar-refractivity contribution in [2.45, 2.75) is 25.3 Å². The third kappa shape index (κ3) is 5.73. The van der Waals surface area contributed by atoms with Crippen LogP contribution >= 0.6 is 0 Å². The second-order valence-corrected chi connectivity index (χ2v) is 9.62. The number of rotatable bonds is 7. The summed E-state index contributed by atoms with van der Waals surface area (Å²) in [6, 6.07) is 16.3. The molecule has 0 N–H and O–H groups in total. The number of carbonyl (C=O) groups excluding carboxylic acids is 2. The number of amides is 1. The van der Waals surface area contributed by atoms with Crippen molar-refractivity contribution >= 4 is 23.7 Å². The minimum atomic E-state index is -0.718. The Morgan fingerprint density at radius 3 is 2.20 bits per heavy atom. The lowest BCUT2D eigenvalue weighted by Gasteiger charge is -2.29. The van der Waals surface area contributed by atoms with Gasteiger partial charge in [0.1, 0.15) is 23.1 Å². The fourth-order valence-electron chi connectivity index (χ4n) is 5.16. The summed E-state index contributed by atoms with van der Waals surface area (Å²) in [6.45, 7) is -0.545. The maximum absolute atomic E-state index is 13.8. The van der Waals surface area contributed by atoms with Crippen LogP contribution in [0.15, 0.2) is 77.4 Å². The SMILES string of the molecule is COc1cc(OC)cc(C(=O)OCC(=O)N2N=C3C(=Cc4ccc(F)cc4)CCCC3C2c2ccc(F)cc2)c1. The standard InChI is InChI=1S/C31H28F2N2O5/c1-38-25-15-22(16-26(17-25)39-2)31(37)40-18-28(36)35-30(20-8-12-24(33)13-9-20)27-5-3-4-21(29(27)34-35)14-19-6-10-23(32)11-7-19/h6-17,27,30H,3-5,18H2,1-2H3. The van der Waals surface area contributed by atoms with Crippen LogP contribution in [-0.2, 0) is 9.53 Å². The Balaban J connectivity index is 1.42. The van der Waals surface area contributed by atoms with Crippen LogP contribution in [0.25, 0.3) is 6.08 Å². The summed E-state index contributed by atoms with van der Waals surface area (Å²) in [5, 5.41) is 6.07. The summed E-state index contributed by atoms with van der Waals surface area (Å²) in [5.41, 5.74) is 3.42. The largest absolute Gasteiger partial charge is 0.497 e. The van der Waals surface area contributed by atoms with E-state index in [9.17, 15) is 18.4 Å². The summed E-state index contributed by atoms with van der Waals surface area (Å²) in [6.07, 6.45) is 4.34. The van der Waals surface area contributed by atoms with Gasteiger partial charge in [0.2, 0.25) is 0 Å². The molecular formula is C31H28F2N2O5. The molecule has 1 aliphatic heterocycles. The quantitative estimate of drug-likeness (QED) is 0.342. The van der Waals surface area contributed by atoms with E-state index in [1.165, 1.54) is 55.6 Å². The Labute approximate surface area is 230 Å². The van der Waals surface area contributed by atoms with Gasteiger partial charge in [0.15, 0.2) is 6.61 Å². The third-order valence-corrected chi connectivity index (χ3v) is 7.09. The molecule has 0 saturated heterocycles. The Morgan fingerprint density at radius 2 is 1.57 bits per heavy atom. The highest BCUT2D eigenvalue weighted by Crippen LogP contribution is 2.44. The van der Waals surface area contributed by atoms with Crippen LogP contribution < -0.4 is 9.47 Å². The van der Waals surface area contributed by atoms with Crippen LogP contribution in [0.5, 0.6) is 11.5 Å². The van der Waals surface area contributed by atoms with Crippen LogP contribution in [0.3, 0.4) is 0 Å². The molecule has 0 spiro atoms. The molecule has 1 fully saturated rings. The molecule has 3 aromatic carbocycles. The van der Waals surface area contributed by atoms with E-state index >= 15 is 0 Å². The first-order valence-electron chi connectivity index (χ1n) is 12.9. The second-order valence-electron chi connectivity index (χ2n) is 9.62. The molecule has 2 unspecified atom stereocenters. The molecule has 0 bridgehead atoms. The summed E-state index contributed by atoms with van der Waals surface area (Å²) in [5.74, 6) is -1.26. The zero-order chi connectivity index (χ0) is 28.2. The average Bonchev–Trinajstić information content (AvgIpc) is 3.37. The minimum Gasteiger partial charge on any atom is -0.497 e. The highest BCUT2D eigenvalue weighted by molar-refractivity contribution is 6.08. The molecule has 0 radical (unpaired) electrons. The fourth-order valence-corrected chi connectivity index (χ4v) is 5.16. The predicted molar refractivity (Wildman–Crippen MR) is 145 cm³/mol. The number of nitrogens with zero attached hydrogens (tertiary/aromatic N) is 2. The van der Waals surface area contributed by atoms with Gasteiger partial charge >= 0.3 is 5.97 Å². The number of carbonyl (C=O) groups is 2. The fraction of sp³-hybridized carbons (Fsp3) is 0.258. The van der Waals surface area contributed by atoms with E-state index in [4.69, 9.17) is 19.3 Å². The summed E-state index contributed by atoms with van der Waals surface area (Å²) in [7, 11) is 2.93. The van der Waals surface area contributed by atoms with Crippen LogP contribution in [0.4, 0.5) is 8.78 Å². The van der Waals surface area contributed by atoms with Crippen LogP contribution in [0, 0.1) is 17.6 Å². The highest BCUT2D eigenvalue weighted by atomic mass is 19.1. The van der Waals surface area contributed by atoms with E-state index in [-0.39, 0.29) is 23.1 Å². The minimum absolute atomic E-state index is 0.131. The normalized spacial score (nSPS) is 19.1. The summed E-state index contributed by atoms with van der Waals surface area (Å²) >= 11 is 0. The molecular weight excluding hydrogens is 518 g/mol. The smallest absolute Gasteiger partial charge is 0.338 e. The molecule has 206 valence electrons. The van der Waals surface area contributed by atoms with E-state index in [1.807, 2.05) is 6.08 Å². The molecule has 1 heterocycles. The van der Waals surface area contributed by atoms with Gasteiger partial charge < -0.3 is 14.2 Å². The number of fused-ring (bicyclic) bond motifs is 1. The lowest BCUT2D eigenvalue weighted by molar-refractivity contribution is -0.137. The van der Waals surface area contributed by atoms with Crippen molar-refractivity contribution in [1.82, 2.24) is 5.01 Å². The number of hydrogen-bond donors (Lipinski definition) is 0. The molecule has 3 aromatic rings. The summed E-state index contributed by atoms with van der Waals surface area (Å²) < 4.78 is 43.0. The van der Waals surface area contributed by atoms with Gasteiger partial charge in [0, 0.05) is 12.0 Å². The molecule has 5 rings (SSSR count). The van der Waals surface area contributed by atoms with Gasteiger partial charge in [-0.15, -0.1) is 0 Å². The van der Waals surface area contributed by atoms with Crippen molar-refractivity contribution < 1.29 is 32.6 Å². The Morgan fingerprint density at radius 1 is 0.950 bits per heavy atom. The first-order valence-corrected chi connectivity index (χ1v) is 12.9. The number of benzene rings is 3. The van der Waals surface area contributed by atoms with E-state index in [0.717, 1.165) is 41.7 Å². The maximum atomic E-state index is 13.8. The zero-order valence-electron chi connectivity index (χ0n) is 22.1. The lowest BCUT2D eigenvalue weighted by Crippen LogP contribution is -2.34. The number of methoxy groups -OCH3 is 2. The number of halogens is 2. The molecule has 2 atom stereocenters. The first kappa shape index (κ1) is 27.1.